The molecule has 3 aromatic rings. The number of carbonyl (C=O) groups excluding carboxylic acids is 1. The number of fused-ring (bicyclic) bond motifs is 1. The molecule has 39 heavy (non-hydrogen) atoms. The molecule has 3 heterocycles. The Bertz CT molecular complexity index is 1450. The second kappa shape index (κ2) is 10.9. The number of para-hydroxylation sites is 1. The Morgan fingerprint density at radius 2 is 1.85 bits per heavy atom. The number of morpholine rings is 1. The van der Waals surface area contributed by atoms with Crippen molar-refractivity contribution in [1.82, 2.24) is 0 Å². The normalized spacial score (nSPS) is 18.1. The van der Waals surface area contributed by atoms with Crippen LogP contribution in [0.4, 0.5) is 23.9 Å². The van der Waals surface area contributed by atoms with Crippen molar-refractivity contribution in [3.63, 3.8) is 0 Å². The number of alkyl halides is 3. The number of nitrogens with one attached hydrogen (secondary N) is 2. The van der Waals surface area contributed by atoms with E-state index in [2.05, 4.69) is 15.3 Å². The number of carbonyl (C=O) groups is 1. The summed E-state index contributed by atoms with van der Waals surface area (Å²) < 4.78 is 51.1. The van der Waals surface area contributed by atoms with Gasteiger partial charge in [-0.05, 0) is 12.1 Å². The Labute approximate surface area is 225 Å². The van der Waals surface area contributed by atoms with Gasteiger partial charge in [0.15, 0.2) is 0 Å². The van der Waals surface area contributed by atoms with Crippen molar-refractivity contribution < 1.29 is 27.4 Å². The number of anilines is 2. The number of benzodiazepines with no additional fused rings is 1. The highest BCUT2D eigenvalue weighted by molar-refractivity contribution is 7.16. The Kier molecular flexibility index (Phi) is 7.35. The molecule has 1 aromatic heterocycles. The van der Waals surface area contributed by atoms with Crippen LogP contribution < -0.4 is 16.0 Å². The Morgan fingerprint density at radius 1 is 1.15 bits per heavy atom. The minimum atomic E-state index is -4.60. The molecule has 0 saturated carbocycles. The van der Waals surface area contributed by atoms with E-state index in [0.717, 1.165) is 11.6 Å². The van der Waals surface area contributed by atoms with E-state index in [1.165, 1.54) is 0 Å². The van der Waals surface area contributed by atoms with E-state index < -0.39 is 35.0 Å². The van der Waals surface area contributed by atoms with E-state index >= 15 is 0 Å². The molecule has 1 saturated heterocycles. The average molecular weight is 557 g/mol. The van der Waals surface area contributed by atoms with Gasteiger partial charge in [-0.15, -0.1) is 11.3 Å². The summed E-state index contributed by atoms with van der Waals surface area (Å²) in [4.78, 5) is 22.4. The lowest BCUT2D eigenvalue weighted by Crippen LogP contribution is -2.36. The first-order chi connectivity index (χ1) is 18.7. The smallest absolute Gasteiger partial charge is 0.407 e. The van der Waals surface area contributed by atoms with Crippen LogP contribution in [0.3, 0.4) is 0 Å². The van der Waals surface area contributed by atoms with Gasteiger partial charge in [0.1, 0.15) is 9.88 Å². The molecule has 5 rings (SSSR count). The summed E-state index contributed by atoms with van der Waals surface area (Å²) >= 11 is 0.516. The third-order valence-electron chi connectivity index (χ3n) is 5.96. The highest BCUT2D eigenvalue weighted by Crippen LogP contribution is 2.41. The van der Waals surface area contributed by atoms with Crippen LogP contribution in [0.15, 0.2) is 70.6 Å². The first-order valence-corrected chi connectivity index (χ1v) is 12.7. The molecule has 4 N–H and O–H groups in total. The highest BCUT2D eigenvalue weighted by Gasteiger charge is 2.36. The number of thiophene rings is 1. The van der Waals surface area contributed by atoms with Gasteiger partial charge >= 0.3 is 6.18 Å². The summed E-state index contributed by atoms with van der Waals surface area (Å²) in [5.41, 5.74) is 8.30. The van der Waals surface area contributed by atoms with Crippen molar-refractivity contribution in [3.8, 4) is 0 Å². The second-order valence-electron chi connectivity index (χ2n) is 8.58. The van der Waals surface area contributed by atoms with Gasteiger partial charge in [-0.3, -0.25) is 10.2 Å². The molecule has 0 unspecified atom stereocenters. The van der Waals surface area contributed by atoms with E-state index in [9.17, 15) is 18.0 Å². The molecule has 2 aliphatic heterocycles. The van der Waals surface area contributed by atoms with Crippen LogP contribution in [0.5, 0.6) is 0 Å². The second-order valence-corrected chi connectivity index (χ2v) is 9.61. The SMILES string of the molecule is N=C(OC(N)=N[C@H]1N=C(c2ccccc2)c2ccccc2NC1=O)c1cc(C(F)(F)F)sc1N1CCOCC1. The standard InChI is InChI=1S/C26H23F3N6O3S/c27-26(28,29)19-14-17(24(39-19)35-10-12-37-13-11-35)21(30)38-25(31)34-22-23(36)32-18-9-5-4-8-16(18)20(33-22)15-6-2-1-3-7-15/h1-9,14,22,30H,10-13H2,(H2,31,34)(H,32,36)/t22-/m1/s1. The Hall–Kier alpha value is -4.23. The zero-order valence-electron chi connectivity index (χ0n) is 20.4. The molecule has 2 aromatic carbocycles. The maximum absolute atomic E-state index is 13.5. The summed E-state index contributed by atoms with van der Waals surface area (Å²) in [6, 6.07) is 16.6. The topological polar surface area (TPSA) is 125 Å². The molecule has 1 amide bonds. The van der Waals surface area contributed by atoms with Crippen molar-refractivity contribution in [2.75, 3.05) is 36.5 Å². The maximum atomic E-state index is 13.5. The maximum Gasteiger partial charge on any atom is 0.425 e. The predicted octanol–water partition coefficient (Wildman–Crippen LogP) is 4.08. The number of nitrogens with two attached hydrogens (primary N) is 1. The minimum absolute atomic E-state index is 0.0847. The van der Waals surface area contributed by atoms with Crippen molar-refractivity contribution in [2.24, 2.45) is 15.7 Å². The first-order valence-electron chi connectivity index (χ1n) is 11.9. The van der Waals surface area contributed by atoms with Crippen molar-refractivity contribution >= 4 is 45.6 Å². The molecule has 0 radical (unpaired) electrons. The zero-order chi connectivity index (χ0) is 27.6. The molecule has 0 bridgehead atoms. The number of amidine groups is 1. The van der Waals surface area contributed by atoms with Gasteiger partial charge < -0.3 is 25.4 Å². The van der Waals surface area contributed by atoms with Crippen molar-refractivity contribution in [3.05, 3.63) is 82.2 Å². The number of aliphatic imine (C=N–C) groups is 2. The molecule has 1 fully saturated rings. The van der Waals surface area contributed by atoms with Crippen molar-refractivity contribution in [2.45, 2.75) is 12.3 Å². The van der Waals surface area contributed by atoms with E-state index in [-0.39, 0.29) is 10.6 Å². The number of ether oxygens (including phenoxy) is 2. The van der Waals surface area contributed by atoms with Crippen LogP contribution in [0.1, 0.15) is 21.6 Å². The van der Waals surface area contributed by atoms with Crippen LogP contribution in [-0.4, -0.2) is 56.0 Å². The Balaban J connectivity index is 1.45. The number of nitrogens with zero attached hydrogens (tertiary/aromatic N) is 3. The van der Waals surface area contributed by atoms with Crippen LogP contribution in [0.25, 0.3) is 0 Å². The van der Waals surface area contributed by atoms with Crippen LogP contribution in [0.2, 0.25) is 0 Å². The lowest BCUT2D eigenvalue weighted by atomic mass is 10.0. The molecular weight excluding hydrogens is 533 g/mol. The van der Waals surface area contributed by atoms with E-state index in [0.29, 0.717) is 54.6 Å². The lowest BCUT2D eigenvalue weighted by Gasteiger charge is -2.28. The molecule has 1 atom stereocenters. The quantitative estimate of drug-likeness (QED) is 0.330. The predicted molar refractivity (Wildman–Crippen MR) is 143 cm³/mol. The van der Waals surface area contributed by atoms with Crippen LogP contribution in [-0.2, 0) is 20.4 Å². The van der Waals surface area contributed by atoms with E-state index in [1.807, 2.05) is 42.5 Å². The van der Waals surface area contributed by atoms with Gasteiger partial charge in [-0.2, -0.15) is 18.2 Å². The summed E-state index contributed by atoms with van der Waals surface area (Å²) in [5, 5.41) is 11.4. The average Bonchev–Trinajstić information content (AvgIpc) is 3.34. The number of halogens is 3. The van der Waals surface area contributed by atoms with Gasteiger partial charge in [0, 0.05) is 24.2 Å². The summed E-state index contributed by atoms with van der Waals surface area (Å²) in [7, 11) is 0. The fraction of sp³-hybridized carbons (Fsp3) is 0.231. The van der Waals surface area contributed by atoms with E-state index in [1.54, 1.807) is 17.0 Å². The molecule has 202 valence electrons. The first kappa shape index (κ1) is 26.4. The largest absolute Gasteiger partial charge is 0.425 e. The molecule has 9 nitrogen and oxygen atoms in total. The fourth-order valence-electron chi connectivity index (χ4n) is 4.15. The summed E-state index contributed by atoms with van der Waals surface area (Å²) in [6.07, 6.45) is -5.97. The molecular formula is C26H23F3N6O3S. The van der Waals surface area contributed by atoms with Gasteiger partial charge in [0.25, 0.3) is 11.9 Å². The third kappa shape index (κ3) is 5.78. The number of hydrogen-bond donors (Lipinski definition) is 3. The fourth-order valence-corrected chi connectivity index (χ4v) is 5.23. The van der Waals surface area contributed by atoms with Gasteiger partial charge in [-0.1, -0.05) is 48.5 Å². The third-order valence-corrected chi connectivity index (χ3v) is 7.20. The molecule has 2 aliphatic rings. The van der Waals surface area contributed by atoms with Crippen molar-refractivity contribution in [1.29, 1.82) is 5.41 Å². The number of benzene rings is 2. The Morgan fingerprint density at radius 3 is 2.56 bits per heavy atom. The lowest BCUT2D eigenvalue weighted by molar-refractivity contribution is -0.134. The van der Waals surface area contributed by atoms with E-state index in [4.69, 9.17) is 20.6 Å². The number of amides is 1. The number of hydrogen-bond acceptors (Lipinski definition) is 8. The zero-order valence-corrected chi connectivity index (χ0v) is 21.2. The monoisotopic (exact) mass is 556 g/mol. The number of rotatable bonds is 4. The van der Waals surface area contributed by atoms with Gasteiger partial charge in [0.05, 0.1) is 30.2 Å². The minimum Gasteiger partial charge on any atom is -0.407 e. The summed E-state index contributed by atoms with van der Waals surface area (Å²) in [6.45, 7) is 1.41. The molecule has 0 aliphatic carbocycles. The van der Waals surface area contributed by atoms with Crippen LogP contribution in [0, 0.1) is 5.41 Å². The van der Waals surface area contributed by atoms with Crippen LogP contribution >= 0.6 is 11.3 Å². The highest BCUT2D eigenvalue weighted by atomic mass is 32.1. The summed E-state index contributed by atoms with van der Waals surface area (Å²) in [5.74, 6) is -1.22. The molecule has 0 spiro atoms. The van der Waals surface area contributed by atoms with Gasteiger partial charge in [0.2, 0.25) is 12.1 Å². The van der Waals surface area contributed by atoms with Gasteiger partial charge in [-0.25, -0.2) is 4.99 Å². The molecule has 13 heteroatoms.